The molecule has 2 aromatic heterocycles. The molecule has 0 aliphatic heterocycles. The molecule has 0 bridgehead atoms. The molecule has 0 radical (unpaired) electrons. The first-order chi connectivity index (χ1) is 12.0. The van der Waals surface area contributed by atoms with Crippen molar-refractivity contribution >= 4 is 22.7 Å². The van der Waals surface area contributed by atoms with Crippen molar-refractivity contribution in [2.24, 2.45) is 10.2 Å². The van der Waals surface area contributed by atoms with E-state index in [2.05, 4.69) is 15.2 Å². The monoisotopic (exact) mass is 356 g/mol. The molecule has 0 aliphatic carbocycles. The number of H-pyrrole nitrogens is 1. The van der Waals surface area contributed by atoms with Crippen LogP contribution in [0.5, 0.6) is 0 Å². The van der Waals surface area contributed by atoms with Crippen LogP contribution in [0.3, 0.4) is 0 Å². The summed E-state index contributed by atoms with van der Waals surface area (Å²) < 4.78 is 1.84. The van der Waals surface area contributed by atoms with Gasteiger partial charge in [-0.2, -0.15) is 15.2 Å². The number of aromatic nitrogens is 2. The molecule has 0 saturated carbocycles. The van der Waals surface area contributed by atoms with Crippen LogP contribution in [0.4, 0.5) is 11.4 Å². The molecule has 0 spiro atoms. The zero-order valence-corrected chi connectivity index (χ0v) is 14.1. The van der Waals surface area contributed by atoms with Crippen molar-refractivity contribution < 1.29 is 9.49 Å². The summed E-state index contributed by atoms with van der Waals surface area (Å²) in [5.74, 6) is 0.668. The van der Waals surface area contributed by atoms with Gasteiger partial charge in [0.15, 0.2) is 0 Å². The van der Waals surface area contributed by atoms with E-state index in [4.69, 9.17) is 0 Å². The number of nitro benzene ring substituents is 1. The molecule has 1 N–H and O–H groups in total. The highest BCUT2D eigenvalue weighted by Gasteiger charge is 2.17. The van der Waals surface area contributed by atoms with Crippen molar-refractivity contribution in [1.29, 1.82) is 0 Å². The van der Waals surface area contributed by atoms with Crippen LogP contribution in [0.2, 0.25) is 0 Å². The number of aryl methyl sites for hydroxylation is 1. The van der Waals surface area contributed by atoms with Gasteiger partial charge in [-0.15, -0.1) is 0 Å². The van der Waals surface area contributed by atoms with Crippen molar-refractivity contribution in [1.82, 2.24) is 4.98 Å². The Kier molecular flexibility index (Phi) is 4.75. The molecule has 3 aromatic rings. The van der Waals surface area contributed by atoms with Gasteiger partial charge in [0, 0.05) is 12.1 Å². The molecule has 25 heavy (non-hydrogen) atoms. The zero-order valence-electron chi connectivity index (χ0n) is 13.2. The molecule has 1 aromatic carbocycles. The third-order valence-corrected chi connectivity index (χ3v) is 4.22. The Labute approximate surface area is 146 Å². The van der Waals surface area contributed by atoms with Gasteiger partial charge in [0.1, 0.15) is 11.4 Å². The van der Waals surface area contributed by atoms with Crippen molar-refractivity contribution in [3.05, 3.63) is 79.0 Å². The lowest BCUT2D eigenvalue weighted by atomic mass is 10.3. The van der Waals surface area contributed by atoms with Gasteiger partial charge in [0.25, 0.3) is 5.69 Å². The van der Waals surface area contributed by atoms with Crippen LogP contribution in [-0.2, 0) is 6.54 Å². The number of thiazole rings is 1. The largest absolute Gasteiger partial charge is 0.389 e. The molecule has 0 saturated heterocycles. The number of rotatable bonds is 5. The number of nitrogens with one attached hydrogen (secondary N) is 1. The Morgan fingerprint density at radius 1 is 1.28 bits per heavy atom. The second-order valence-corrected chi connectivity index (χ2v) is 6.32. The van der Waals surface area contributed by atoms with E-state index in [1.807, 2.05) is 36.0 Å². The zero-order chi connectivity index (χ0) is 17.8. The summed E-state index contributed by atoms with van der Waals surface area (Å²) >= 11 is 1.08. The first-order valence-corrected chi connectivity index (χ1v) is 8.17. The average molecular weight is 356 g/mol. The number of azo groups is 1. The van der Waals surface area contributed by atoms with Crippen LogP contribution in [0.15, 0.2) is 63.8 Å². The molecular formula is C16H14N5O3S+. The molecular weight excluding hydrogens is 342 g/mol. The molecule has 0 amide bonds. The van der Waals surface area contributed by atoms with E-state index in [-0.39, 0.29) is 17.1 Å². The maximum absolute atomic E-state index is 11.7. The second-order valence-electron chi connectivity index (χ2n) is 5.25. The molecule has 0 unspecified atom stereocenters. The van der Waals surface area contributed by atoms with E-state index in [0.29, 0.717) is 11.5 Å². The van der Waals surface area contributed by atoms with E-state index in [1.54, 1.807) is 0 Å². The topological polar surface area (TPSA) is 105 Å². The number of non-ortho nitro benzene ring substituents is 1. The lowest BCUT2D eigenvalue weighted by Crippen LogP contribution is -2.32. The molecule has 126 valence electrons. The number of benzene rings is 1. The first-order valence-electron chi connectivity index (χ1n) is 7.35. The number of aromatic amines is 1. The number of nitro groups is 1. The molecule has 9 heteroatoms. The Balaban J connectivity index is 1.79. The van der Waals surface area contributed by atoms with Crippen LogP contribution in [0.25, 0.3) is 5.82 Å². The van der Waals surface area contributed by atoms with Gasteiger partial charge in [-0.1, -0.05) is 6.07 Å². The highest BCUT2D eigenvalue weighted by Crippen LogP contribution is 2.19. The lowest BCUT2D eigenvalue weighted by molar-refractivity contribution is -0.600. The first kappa shape index (κ1) is 16.7. The van der Waals surface area contributed by atoms with E-state index < -0.39 is 4.92 Å². The van der Waals surface area contributed by atoms with Crippen molar-refractivity contribution in [2.45, 2.75) is 13.5 Å². The van der Waals surface area contributed by atoms with Crippen LogP contribution in [0, 0.1) is 17.0 Å². The van der Waals surface area contributed by atoms with Crippen LogP contribution < -0.4 is 9.44 Å². The Morgan fingerprint density at radius 2 is 2.04 bits per heavy atom. The smallest absolute Gasteiger partial charge is 0.258 e. The number of pyridine rings is 1. The van der Waals surface area contributed by atoms with Gasteiger partial charge in [-0.3, -0.25) is 10.1 Å². The fourth-order valence-corrected chi connectivity index (χ4v) is 2.97. The highest BCUT2D eigenvalue weighted by atomic mass is 32.1. The summed E-state index contributed by atoms with van der Waals surface area (Å²) in [6, 6.07) is 9.66. The van der Waals surface area contributed by atoms with Crippen LogP contribution in [0.1, 0.15) is 10.4 Å². The molecule has 0 aliphatic rings. The lowest BCUT2D eigenvalue weighted by Gasteiger charge is -1.98. The predicted octanol–water partition coefficient (Wildman–Crippen LogP) is 3.21. The minimum atomic E-state index is -0.469. The quantitative estimate of drug-likeness (QED) is 0.328. The molecule has 2 heterocycles. The Bertz CT molecular complexity index is 992. The van der Waals surface area contributed by atoms with E-state index in [1.165, 1.54) is 24.3 Å². The highest BCUT2D eigenvalue weighted by molar-refractivity contribution is 7.09. The van der Waals surface area contributed by atoms with Gasteiger partial charge >= 0.3 is 10.7 Å². The predicted molar refractivity (Wildman–Crippen MR) is 92.5 cm³/mol. The third-order valence-electron chi connectivity index (χ3n) is 3.37. The maximum atomic E-state index is 11.7. The fraction of sp³-hybridized carbons (Fsp3) is 0.125. The summed E-state index contributed by atoms with van der Waals surface area (Å²) in [6.07, 6.45) is 3.76. The third kappa shape index (κ3) is 4.01. The molecule has 0 atom stereocenters. The van der Waals surface area contributed by atoms with Crippen molar-refractivity contribution in [2.75, 3.05) is 0 Å². The van der Waals surface area contributed by atoms with Crippen LogP contribution >= 0.6 is 11.3 Å². The minimum absolute atomic E-state index is 0.000868. The summed E-state index contributed by atoms with van der Waals surface area (Å²) in [6.45, 7) is 2.20. The summed E-state index contributed by atoms with van der Waals surface area (Å²) in [5.41, 5.74) is 1.58. The van der Waals surface area contributed by atoms with Crippen molar-refractivity contribution in [3.8, 4) is 5.82 Å². The van der Waals surface area contributed by atoms with Gasteiger partial charge < -0.3 is 0 Å². The number of hydrogen-bond acceptors (Lipinski definition) is 6. The maximum Gasteiger partial charge on any atom is 0.389 e. The van der Waals surface area contributed by atoms with Gasteiger partial charge in [0.05, 0.1) is 23.0 Å². The minimum Gasteiger partial charge on any atom is -0.258 e. The fourth-order valence-electron chi connectivity index (χ4n) is 2.22. The van der Waals surface area contributed by atoms with Gasteiger partial charge in [0.2, 0.25) is 0 Å². The van der Waals surface area contributed by atoms with E-state index in [0.717, 1.165) is 21.8 Å². The number of hydrogen-bond donors (Lipinski definition) is 1. The summed E-state index contributed by atoms with van der Waals surface area (Å²) in [5, 5.41) is 18.8. The normalized spacial score (nSPS) is 11.1. The summed E-state index contributed by atoms with van der Waals surface area (Å²) in [7, 11) is 0. The van der Waals surface area contributed by atoms with Gasteiger partial charge in [-0.25, -0.2) is 9.36 Å². The summed E-state index contributed by atoms with van der Waals surface area (Å²) in [4.78, 5) is 25.3. The molecule has 3 rings (SSSR count). The standard InChI is InChI=1S/C16H13N5O3S/c1-11-3-2-8-20(10-11)15-14(25-16(22)18-15)9-17-19-12-4-6-13(7-5-12)21(23)24/h2-8,10H,9H2,1H3/p+1. The molecule has 8 nitrogen and oxygen atoms in total. The van der Waals surface area contributed by atoms with Crippen LogP contribution in [-0.4, -0.2) is 9.91 Å². The second kappa shape index (κ2) is 7.14. The van der Waals surface area contributed by atoms with Gasteiger partial charge in [-0.05, 0) is 42.0 Å². The average Bonchev–Trinajstić information content (AvgIpc) is 2.96. The SMILES string of the molecule is Cc1ccc[n+](-c2[nH]c(=O)sc2CN=Nc2ccc([N+](=O)[O-])cc2)c1. The van der Waals surface area contributed by atoms with E-state index in [9.17, 15) is 14.9 Å². The Morgan fingerprint density at radius 3 is 2.72 bits per heavy atom. The van der Waals surface area contributed by atoms with E-state index >= 15 is 0 Å². The van der Waals surface area contributed by atoms with Crippen molar-refractivity contribution in [3.63, 3.8) is 0 Å². The molecule has 0 fully saturated rings. The Hall–Kier alpha value is -3.20. The number of nitrogens with zero attached hydrogens (tertiary/aromatic N) is 4.